The Hall–Kier alpha value is -5.29. The van der Waals surface area contributed by atoms with Crippen LogP contribution in [0.1, 0.15) is 42.9 Å². The molecule has 0 radical (unpaired) electrons. The summed E-state index contributed by atoms with van der Waals surface area (Å²) in [4.78, 5) is 38.2. The van der Waals surface area contributed by atoms with Gasteiger partial charge < -0.3 is 29.0 Å². The number of carbonyl (C=O) groups is 3. The molecule has 3 amide bonds. The third kappa shape index (κ3) is 8.72. The van der Waals surface area contributed by atoms with Gasteiger partial charge in [0.1, 0.15) is 30.3 Å². The van der Waals surface area contributed by atoms with Crippen LogP contribution in [0.25, 0.3) is 11.1 Å². The van der Waals surface area contributed by atoms with Crippen LogP contribution in [0.2, 0.25) is 0 Å². The molecule has 2 heterocycles. The summed E-state index contributed by atoms with van der Waals surface area (Å²) >= 11 is 0. The second kappa shape index (κ2) is 17.1. The number of allylic oxidation sites excluding steroid dienone is 3. The van der Waals surface area contributed by atoms with Gasteiger partial charge in [0, 0.05) is 23.8 Å². The summed E-state index contributed by atoms with van der Waals surface area (Å²) in [6.07, 6.45) is 7.89. The van der Waals surface area contributed by atoms with Gasteiger partial charge in [-0.3, -0.25) is 19.7 Å². The molecule has 3 aliphatic rings. The highest BCUT2D eigenvalue weighted by Gasteiger charge is 2.41. The van der Waals surface area contributed by atoms with E-state index in [1.54, 1.807) is 30.5 Å². The summed E-state index contributed by atoms with van der Waals surface area (Å²) in [5, 5.41) is 12.2. The largest absolute Gasteiger partial charge is 0.508 e. The van der Waals surface area contributed by atoms with E-state index in [0.29, 0.717) is 57.2 Å². The number of carbonyl (C=O) groups excluding carboxylic acids is 3. The van der Waals surface area contributed by atoms with Crippen molar-refractivity contribution in [2.45, 2.75) is 38.3 Å². The summed E-state index contributed by atoms with van der Waals surface area (Å²) in [5.74, 6) is -0.0800. The Balaban J connectivity index is 0.912. The number of phenolic OH excluding ortho intramolecular Hbond substituents is 1. The maximum absolute atomic E-state index is 13.0. The maximum atomic E-state index is 13.0. The molecule has 6 rings (SSSR count). The van der Waals surface area contributed by atoms with E-state index in [4.69, 9.17) is 18.9 Å². The lowest BCUT2D eigenvalue weighted by molar-refractivity contribution is -0.141. The number of hydrogen-bond donors (Lipinski definition) is 2. The first kappa shape index (κ1) is 35.5. The van der Waals surface area contributed by atoms with Crippen molar-refractivity contribution in [1.82, 2.24) is 10.2 Å². The van der Waals surface area contributed by atoms with Gasteiger partial charge in [-0.25, -0.2) is 0 Å². The topological polar surface area (TPSA) is 124 Å². The quantitative estimate of drug-likeness (QED) is 0.113. The monoisotopic (exact) mass is 690 g/mol. The molecule has 3 aromatic carbocycles. The van der Waals surface area contributed by atoms with Crippen LogP contribution in [-0.4, -0.2) is 79.5 Å². The number of aromatic hydroxyl groups is 1. The number of amides is 3. The van der Waals surface area contributed by atoms with Crippen molar-refractivity contribution in [3.8, 4) is 11.5 Å². The lowest BCUT2D eigenvalue weighted by Crippen LogP contribution is -2.51. The van der Waals surface area contributed by atoms with E-state index in [0.717, 1.165) is 34.4 Å². The smallest absolute Gasteiger partial charge is 0.259 e. The van der Waals surface area contributed by atoms with Gasteiger partial charge in [0.25, 0.3) is 5.91 Å². The molecule has 3 aromatic rings. The van der Waals surface area contributed by atoms with Gasteiger partial charge in [-0.15, -0.1) is 0 Å². The van der Waals surface area contributed by atoms with Crippen LogP contribution in [0.4, 0.5) is 0 Å². The minimum atomic E-state index is -0.712. The van der Waals surface area contributed by atoms with Gasteiger partial charge in [-0.2, -0.15) is 0 Å². The maximum Gasteiger partial charge on any atom is 0.259 e. The Bertz CT molecular complexity index is 1830. The molecule has 0 saturated carbocycles. The Morgan fingerprint density at radius 2 is 1.49 bits per heavy atom. The number of piperidine rings is 1. The minimum Gasteiger partial charge on any atom is -0.508 e. The van der Waals surface area contributed by atoms with Crippen LogP contribution in [0.3, 0.4) is 0 Å². The first-order chi connectivity index (χ1) is 24.9. The lowest BCUT2D eigenvalue weighted by Gasteiger charge is -2.27. The Morgan fingerprint density at radius 3 is 2.18 bits per heavy atom. The van der Waals surface area contributed by atoms with E-state index < -0.39 is 18.1 Å². The van der Waals surface area contributed by atoms with Crippen LogP contribution in [0, 0.1) is 0 Å². The Morgan fingerprint density at radius 1 is 0.824 bits per heavy atom. The molecule has 2 unspecified atom stereocenters. The summed E-state index contributed by atoms with van der Waals surface area (Å²) < 4.78 is 23.3. The van der Waals surface area contributed by atoms with Crippen LogP contribution in [0.5, 0.6) is 11.5 Å². The molecule has 1 aliphatic carbocycles. The van der Waals surface area contributed by atoms with Crippen LogP contribution in [0.15, 0.2) is 114 Å². The summed E-state index contributed by atoms with van der Waals surface area (Å²) in [7, 11) is 0. The van der Waals surface area contributed by atoms with Crippen LogP contribution < -0.4 is 10.1 Å². The van der Waals surface area contributed by atoms with Gasteiger partial charge in [-0.05, 0) is 71.0 Å². The molecule has 1 saturated heterocycles. The second-order valence-electron chi connectivity index (χ2n) is 12.2. The predicted octanol–water partition coefficient (Wildman–Crippen LogP) is 5.59. The van der Waals surface area contributed by atoms with Gasteiger partial charge in [0.2, 0.25) is 11.8 Å². The van der Waals surface area contributed by atoms with Crippen molar-refractivity contribution in [2.75, 3.05) is 39.6 Å². The number of imide groups is 1. The zero-order chi connectivity index (χ0) is 35.6. The van der Waals surface area contributed by atoms with Crippen LogP contribution >= 0.6 is 0 Å². The van der Waals surface area contributed by atoms with Gasteiger partial charge >= 0.3 is 0 Å². The molecule has 2 aliphatic heterocycles. The molecular weight excluding hydrogens is 648 g/mol. The average molecular weight is 691 g/mol. The normalized spacial score (nSPS) is 18.9. The van der Waals surface area contributed by atoms with Crippen molar-refractivity contribution in [3.63, 3.8) is 0 Å². The van der Waals surface area contributed by atoms with Gasteiger partial charge in [-0.1, -0.05) is 73.7 Å². The molecule has 10 heteroatoms. The number of benzene rings is 3. The van der Waals surface area contributed by atoms with E-state index in [1.165, 1.54) is 10.5 Å². The first-order valence-corrected chi connectivity index (χ1v) is 17.3. The predicted molar refractivity (Wildman–Crippen MR) is 192 cm³/mol. The molecule has 2 atom stereocenters. The fraction of sp³-hybridized carbons (Fsp3) is 0.293. The number of ether oxygens (including phenoxy) is 4. The van der Waals surface area contributed by atoms with Gasteiger partial charge in [0.05, 0.1) is 33.0 Å². The molecule has 1 fully saturated rings. The SMILES string of the molecule is CC/C(=C(\c1ccc(O)cc1)c1ccc(OCCOCCOCCOC2C=CC=C3C(=O)N(C4CCC(=O)NC4=O)C=C32)cc1)c1ccccc1. The van der Waals surface area contributed by atoms with E-state index in [1.807, 2.05) is 48.5 Å². The summed E-state index contributed by atoms with van der Waals surface area (Å²) in [6.45, 7) is 4.39. The molecule has 0 spiro atoms. The molecule has 0 aromatic heterocycles. The van der Waals surface area contributed by atoms with Crippen molar-refractivity contribution < 1.29 is 38.4 Å². The fourth-order valence-corrected chi connectivity index (χ4v) is 6.42. The van der Waals surface area contributed by atoms with Crippen molar-refractivity contribution in [3.05, 3.63) is 131 Å². The highest BCUT2D eigenvalue weighted by Crippen LogP contribution is 2.36. The lowest BCUT2D eigenvalue weighted by atomic mass is 9.88. The molecule has 10 nitrogen and oxygen atoms in total. The number of nitrogens with zero attached hydrogens (tertiary/aromatic N) is 1. The number of fused-ring (bicyclic) bond motifs is 1. The molecular formula is C41H42N2O8. The van der Waals surface area contributed by atoms with E-state index in [9.17, 15) is 19.5 Å². The summed E-state index contributed by atoms with van der Waals surface area (Å²) in [5.41, 5.74) is 6.77. The van der Waals surface area contributed by atoms with Gasteiger partial charge in [0.15, 0.2) is 0 Å². The molecule has 264 valence electrons. The zero-order valence-electron chi connectivity index (χ0n) is 28.6. The molecule has 51 heavy (non-hydrogen) atoms. The van der Waals surface area contributed by atoms with E-state index in [-0.39, 0.29) is 24.0 Å². The Kier molecular flexibility index (Phi) is 11.9. The fourth-order valence-electron chi connectivity index (χ4n) is 6.42. The van der Waals surface area contributed by atoms with E-state index in [2.05, 4.69) is 36.5 Å². The summed E-state index contributed by atoms with van der Waals surface area (Å²) in [6, 6.07) is 25.0. The number of hydrogen-bond acceptors (Lipinski definition) is 8. The third-order valence-electron chi connectivity index (χ3n) is 8.93. The van der Waals surface area contributed by atoms with Crippen molar-refractivity contribution in [2.24, 2.45) is 0 Å². The minimum absolute atomic E-state index is 0.195. The highest BCUT2D eigenvalue weighted by molar-refractivity contribution is 6.07. The van der Waals surface area contributed by atoms with E-state index >= 15 is 0 Å². The second-order valence-corrected chi connectivity index (χ2v) is 12.2. The standard InChI is InChI=1S/C41H42N2O8/c1-2-33(28-7-4-3-5-8-28)39(29-11-15-31(44)16-12-29)30-13-17-32(18-14-30)50-25-23-48-21-22-49-24-26-51-37-10-6-9-34-35(37)27-43(41(34)47)36-19-20-38(45)42-40(36)46/h3-18,27,36-37,44H,2,19-26H2,1H3,(H,42,45,46)/b39-33-. The van der Waals surface area contributed by atoms with Crippen LogP contribution in [-0.2, 0) is 28.6 Å². The number of phenols is 1. The first-order valence-electron chi connectivity index (χ1n) is 17.3. The third-order valence-corrected chi connectivity index (χ3v) is 8.93. The van der Waals surface area contributed by atoms with Crippen molar-refractivity contribution in [1.29, 1.82) is 0 Å². The number of rotatable bonds is 16. The molecule has 0 bridgehead atoms. The highest BCUT2D eigenvalue weighted by atomic mass is 16.6. The Labute approximate surface area is 297 Å². The average Bonchev–Trinajstić information content (AvgIpc) is 3.48. The number of nitrogens with one attached hydrogen (secondary N) is 1. The molecule has 2 N–H and O–H groups in total. The van der Waals surface area contributed by atoms with Crippen molar-refractivity contribution >= 4 is 28.9 Å². The zero-order valence-corrected chi connectivity index (χ0v) is 28.6.